The Morgan fingerprint density at radius 2 is 1.84 bits per heavy atom. The highest BCUT2D eigenvalue weighted by molar-refractivity contribution is 7.10. The second-order valence-corrected chi connectivity index (χ2v) is 9.16. The van der Waals surface area contributed by atoms with Gasteiger partial charge in [0.25, 0.3) is 0 Å². The average molecular weight is 427 g/mol. The number of rotatable bonds is 4. The molecular weight excluding hydrogens is 404 g/mol. The summed E-state index contributed by atoms with van der Waals surface area (Å²) in [6.07, 6.45) is 2.49. The van der Waals surface area contributed by atoms with Gasteiger partial charge in [-0.25, -0.2) is 0 Å². The number of nitriles is 1. The molecule has 2 fully saturated rings. The van der Waals surface area contributed by atoms with Gasteiger partial charge in [-0.1, -0.05) is 36.4 Å². The van der Waals surface area contributed by atoms with Crippen molar-refractivity contribution < 1.29 is 4.79 Å². The van der Waals surface area contributed by atoms with Crippen LogP contribution in [0.15, 0.2) is 60.0 Å². The number of benzene rings is 2. The van der Waals surface area contributed by atoms with Gasteiger partial charge in [0.2, 0.25) is 5.91 Å². The molecule has 2 N–H and O–H groups in total. The number of nitrogens with one attached hydrogen (secondary N) is 2. The van der Waals surface area contributed by atoms with Crippen LogP contribution in [0.1, 0.15) is 52.3 Å². The van der Waals surface area contributed by atoms with Crippen molar-refractivity contribution in [3.05, 3.63) is 81.5 Å². The predicted molar refractivity (Wildman–Crippen MR) is 122 cm³/mol. The first-order valence-electron chi connectivity index (χ1n) is 10.4. The van der Waals surface area contributed by atoms with Crippen molar-refractivity contribution >= 4 is 23.2 Å². The number of likely N-dealkylation sites (N-methyl/N-ethyl adjacent to an activating group) is 1. The second kappa shape index (κ2) is 7.68. The van der Waals surface area contributed by atoms with Gasteiger partial charge in [0, 0.05) is 11.9 Å². The predicted octanol–water partition coefficient (Wildman–Crippen LogP) is 4.99. The molecule has 1 unspecified atom stereocenters. The average Bonchev–Trinajstić information content (AvgIpc) is 3.53. The molecule has 1 aliphatic heterocycles. The summed E-state index contributed by atoms with van der Waals surface area (Å²) in [6, 6.07) is 19.9. The van der Waals surface area contributed by atoms with Crippen LogP contribution in [-0.2, 0) is 4.79 Å². The summed E-state index contributed by atoms with van der Waals surface area (Å²) in [5.74, 6) is 0.311. The van der Waals surface area contributed by atoms with Crippen LogP contribution in [0.5, 0.6) is 0 Å². The lowest BCUT2D eigenvalue weighted by molar-refractivity contribution is -0.130. The fourth-order valence-electron chi connectivity index (χ4n) is 4.19. The first-order valence-corrected chi connectivity index (χ1v) is 11.2. The lowest BCUT2D eigenvalue weighted by Gasteiger charge is -2.37. The number of hydrogen-bond acceptors (Lipinski definition) is 4. The Hall–Kier alpha value is -3.43. The normalized spacial score (nSPS) is 21.0. The summed E-state index contributed by atoms with van der Waals surface area (Å²) in [5, 5.41) is 22.7. The van der Waals surface area contributed by atoms with E-state index in [4.69, 9.17) is 5.41 Å². The zero-order valence-corrected chi connectivity index (χ0v) is 17.9. The first-order chi connectivity index (χ1) is 15.0. The van der Waals surface area contributed by atoms with Crippen molar-refractivity contribution in [2.75, 3.05) is 7.05 Å². The molecule has 5 nitrogen and oxygen atoms in total. The van der Waals surface area contributed by atoms with Crippen molar-refractivity contribution in [3.63, 3.8) is 0 Å². The highest BCUT2D eigenvalue weighted by atomic mass is 32.1. The maximum absolute atomic E-state index is 13.2. The van der Waals surface area contributed by atoms with Gasteiger partial charge in [-0.2, -0.15) is 5.26 Å². The quantitative estimate of drug-likeness (QED) is 0.617. The Labute approximate surface area is 185 Å². The van der Waals surface area contributed by atoms with Gasteiger partial charge in [-0.05, 0) is 64.6 Å². The third-order valence-electron chi connectivity index (χ3n) is 6.15. The molecule has 1 saturated carbocycles. The van der Waals surface area contributed by atoms with Gasteiger partial charge in [0.1, 0.15) is 0 Å². The Morgan fingerprint density at radius 3 is 2.55 bits per heavy atom. The minimum absolute atomic E-state index is 0.0747. The van der Waals surface area contributed by atoms with Crippen LogP contribution in [0.4, 0.5) is 0 Å². The number of thiophene rings is 1. The zero-order valence-electron chi connectivity index (χ0n) is 17.1. The molecular formula is C25H22N4OS. The van der Waals surface area contributed by atoms with Crippen LogP contribution in [0.3, 0.4) is 0 Å². The van der Waals surface area contributed by atoms with Crippen molar-refractivity contribution in [1.29, 1.82) is 10.7 Å². The second-order valence-electron chi connectivity index (χ2n) is 8.22. The molecule has 154 valence electrons. The number of carbonyl (C=O) groups excluding carboxylic acids is 1. The Balaban J connectivity index is 1.50. The molecule has 31 heavy (non-hydrogen) atoms. The van der Waals surface area contributed by atoms with Crippen LogP contribution >= 0.6 is 11.3 Å². The third kappa shape index (κ3) is 3.62. The molecule has 2 aliphatic rings. The van der Waals surface area contributed by atoms with Crippen LogP contribution in [0, 0.1) is 16.7 Å². The molecule has 5 rings (SSSR count). The highest BCUT2D eigenvalue weighted by Crippen LogP contribution is 2.43. The minimum Gasteiger partial charge on any atom is -0.347 e. The van der Waals surface area contributed by atoms with Gasteiger partial charge in [0.05, 0.1) is 23.6 Å². The van der Waals surface area contributed by atoms with E-state index in [0.29, 0.717) is 11.5 Å². The fourth-order valence-corrected chi connectivity index (χ4v) is 5.19. The lowest BCUT2D eigenvalue weighted by atomic mass is 9.86. The van der Waals surface area contributed by atoms with E-state index < -0.39 is 5.92 Å². The lowest BCUT2D eigenvalue weighted by Crippen LogP contribution is -2.53. The summed E-state index contributed by atoms with van der Waals surface area (Å²) >= 11 is 1.57. The van der Waals surface area contributed by atoms with Gasteiger partial charge in [-0.15, -0.1) is 11.3 Å². The molecule has 2 heterocycles. The maximum atomic E-state index is 13.2. The Kier molecular flexibility index (Phi) is 4.84. The van der Waals surface area contributed by atoms with Crippen molar-refractivity contribution in [1.82, 2.24) is 10.2 Å². The zero-order chi connectivity index (χ0) is 21.5. The monoisotopic (exact) mass is 426 g/mol. The molecule has 1 aliphatic carbocycles. The minimum atomic E-state index is -0.399. The molecule has 3 aromatic rings. The number of amides is 1. The van der Waals surface area contributed by atoms with Gasteiger partial charge in [-0.3, -0.25) is 15.1 Å². The van der Waals surface area contributed by atoms with Crippen LogP contribution in [0.2, 0.25) is 0 Å². The molecule has 1 saturated heterocycles. The van der Waals surface area contributed by atoms with Crippen molar-refractivity contribution in [3.8, 4) is 17.2 Å². The van der Waals surface area contributed by atoms with E-state index in [1.165, 1.54) is 23.3 Å². The van der Waals surface area contributed by atoms with Crippen molar-refractivity contribution in [2.45, 2.75) is 30.7 Å². The highest BCUT2D eigenvalue weighted by Gasteiger charge is 2.40. The molecule has 1 amide bonds. The van der Waals surface area contributed by atoms with E-state index in [0.717, 1.165) is 21.6 Å². The van der Waals surface area contributed by atoms with Crippen LogP contribution < -0.4 is 5.32 Å². The number of carbonyl (C=O) groups is 1. The summed E-state index contributed by atoms with van der Waals surface area (Å²) < 4.78 is 0. The molecule has 1 aromatic heterocycles. The molecule has 2 aromatic carbocycles. The van der Waals surface area contributed by atoms with Crippen LogP contribution in [0.25, 0.3) is 11.1 Å². The number of hydrogen-bond donors (Lipinski definition) is 2. The Morgan fingerprint density at radius 1 is 1.10 bits per heavy atom. The fraction of sp³-hybridized carbons (Fsp3) is 0.240. The SMILES string of the molecule is CN1C(=N)N[C@H](c2cc(-c3cccc(C#N)c3)cs2)C(c2ccc(C3CC3)cc2)C1=O. The van der Waals surface area contributed by atoms with Crippen LogP contribution in [-0.4, -0.2) is 23.8 Å². The Bertz CT molecular complexity index is 1200. The van der Waals surface area contributed by atoms with Gasteiger partial charge in [0.15, 0.2) is 5.96 Å². The summed E-state index contributed by atoms with van der Waals surface area (Å²) in [6.45, 7) is 0. The van der Waals surface area contributed by atoms with E-state index in [-0.39, 0.29) is 17.9 Å². The van der Waals surface area contributed by atoms with Gasteiger partial charge >= 0.3 is 0 Å². The summed E-state index contributed by atoms with van der Waals surface area (Å²) in [7, 11) is 1.65. The van der Waals surface area contributed by atoms with E-state index in [9.17, 15) is 10.1 Å². The standard InChI is InChI=1S/C25H22N4OS/c1-29-24(30)22(18-9-7-17(8-10-18)16-5-6-16)23(28-25(29)27)21-12-20(14-31-21)19-4-2-3-15(11-19)13-26/h2-4,7-12,14,16,22-23H,5-6H2,1H3,(H2,27,28)/t22?,23-/m1/s1. The largest absolute Gasteiger partial charge is 0.347 e. The molecule has 0 bridgehead atoms. The summed E-state index contributed by atoms with van der Waals surface area (Å²) in [5.41, 5.74) is 4.91. The van der Waals surface area contributed by atoms with E-state index in [1.54, 1.807) is 24.5 Å². The molecule has 0 spiro atoms. The topological polar surface area (TPSA) is 80.0 Å². The maximum Gasteiger partial charge on any atom is 0.239 e. The van der Waals surface area contributed by atoms with E-state index >= 15 is 0 Å². The van der Waals surface area contributed by atoms with E-state index in [1.807, 2.05) is 23.6 Å². The summed E-state index contributed by atoms with van der Waals surface area (Å²) in [4.78, 5) is 15.6. The third-order valence-corrected chi connectivity index (χ3v) is 7.17. The smallest absolute Gasteiger partial charge is 0.239 e. The van der Waals surface area contributed by atoms with E-state index in [2.05, 4.69) is 41.7 Å². The number of guanidine groups is 1. The van der Waals surface area contributed by atoms with Gasteiger partial charge < -0.3 is 5.32 Å². The molecule has 0 radical (unpaired) electrons. The first kappa shape index (κ1) is 19.5. The molecule has 2 atom stereocenters. The molecule has 6 heteroatoms. The van der Waals surface area contributed by atoms with Crippen molar-refractivity contribution in [2.24, 2.45) is 0 Å². The number of nitrogens with zero attached hydrogens (tertiary/aromatic N) is 2.